The molecule has 24 heavy (non-hydrogen) atoms. The fourth-order valence-electron chi connectivity index (χ4n) is 3.15. The summed E-state index contributed by atoms with van der Waals surface area (Å²) >= 11 is 0. The molecule has 1 fully saturated rings. The van der Waals surface area contributed by atoms with Gasteiger partial charge in [0.1, 0.15) is 5.71 Å². The summed E-state index contributed by atoms with van der Waals surface area (Å²) in [6.07, 6.45) is 5.28. The van der Waals surface area contributed by atoms with Crippen molar-refractivity contribution >= 4 is 23.2 Å². The zero-order valence-corrected chi connectivity index (χ0v) is 14.0. The number of nitrogens with one attached hydrogen (secondary N) is 1. The second-order valence-corrected chi connectivity index (χ2v) is 6.70. The zero-order chi connectivity index (χ0) is 17.2. The van der Waals surface area contributed by atoms with Gasteiger partial charge >= 0.3 is 0 Å². The molecule has 1 spiro atoms. The number of nitrogens with zero attached hydrogens (tertiary/aromatic N) is 3. The fourth-order valence-corrected chi connectivity index (χ4v) is 3.15. The smallest absolute Gasteiger partial charge is 0.273 e. The maximum Gasteiger partial charge on any atom is 0.273 e. The summed E-state index contributed by atoms with van der Waals surface area (Å²) in [5.74, 6) is -0.214. The minimum atomic E-state index is -0.565. The Morgan fingerprint density at radius 1 is 1.42 bits per heavy atom. The first kappa shape index (κ1) is 16.4. The Morgan fingerprint density at radius 3 is 2.96 bits per heavy atom. The van der Waals surface area contributed by atoms with Crippen molar-refractivity contribution in [3.63, 3.8) is 0 Å². The molecule has 0 aromatic carbocycles. The van der Waals surface area contributed by atoms with Gasteiger partial charge in [-0.1, -0.05) is 19.0 Å². The topological polar surface area (TPSA) is 83.9 Å². The largest absolute Gasteiger partial charge is 0.386 e. The Labute approximate surface area is 141 Å². The quantitative estimate of drug-likeness (QED) is 0.916. The van der Waals surface area contributed by atoms with Gasteiger partial charge in [-0.15, -0.1) is 0 Å². The first-order valence-corrected chi connectivity index (χ1v) is 8.24. The number of likely N-dealkylation sites (tertiary alicyclic amines) is 1. The van der Waals surface area contributed by atoms with E-state index in [2.05, 4.69) is 15.5 Å². The molecule has 1 aromatic heterocycles. The van der Waals surface area contributed by atoms with Crippen molar-refractivity contribution in [2.75, 3.05) is 18.4 Å². The second kappa shape index (κ2) is 6.59. The van der Waals surface area contributed by atoms with Crippen LogP contribution < -0.4 is 5.32 Å². The standard InChI is InChI=1S/C17H22N4O3/c1-12(2)16(23)21-8-4-6-17(11-21)9-14(20-24-17)15(22)19-13-5-3-7-18-10-13/h3,5,7,10,12H,4,6,8-9,11H2,1-2H3,(H,19,22)/t17-/m0/s1. The highest BCUT2D eigenvalue weighted by atomic mass is 16.7. The van der Waals surface area contributed by atoms with Crippen LogP contribution in [0.15, 0.2) is 29.7 Å². The van der Waals surface area contributed by atoms with Crippen LogP contribution in [0.5, 0.6) is 0 Å². The molecule has 2 aliphatic rings. The number of oxime groups is 1. The highest BCUT2D eigenvalue weighted by molar-refractivity contribution is 6.43. The number of hydrogen-bond acceptors (Lipinski definition) is 5. The van der Waals surface area contributed by atoms with E-state index < -0.39 is 5.60 Å². The number of hydrogen-bond donors (Lipinski definition) is 1. The molecular formula is C17H22N4O3. The summed E-state index contributed by atoms with van der Waals surface area (Å²) in [6, 6.07) is 3.52. The van der Waals surface area contributed by atoms with Crippen molar-refractivity contribution in [3.8, 4) is 0 Å². The summed E-state index contributed by atoms with van der Waals surface area (Å²) in [6.45, 7) is 5.00. The highest BCUT2D eigenvalue weighted by Crippen LogP contribution is 2.34. The number of pyridine rings is 1. The summed E-state index contributed by atoms with van der Waals surface area (Å²) < 4.78 is 0. The lowest BCUT2D eigenvalue weighted by atomic mass is 9.87. The van der Waals surface area contributed by atoms with Crippen molar-refractivity contribution in [1.82, 2.24) is 9.88 Å². The Balaban J connectivity index is 1.63. The third-order valence-corrected chi connectivity index (χ3v) is 4.37. The number of carbonyl (C=O) groups is 2. The predicted molar refractivity (Wildman–Crippen MR) is 89.4 cm³/mol. The summed E-state index contributed by atoms with van der Waals surface area (Å²) in [5, 5.41) is 6.76. The maximum atomic E-state index is 12.3. The van der Waals surface area contributed by atoms with E-state index in [0.717, 1.165) is 19.4 Å². The SMILES string of the molecule is CC(C)C(=O)N1CCC[C@]2(CC(C(=O)Nc3cccnc3)=NO2)C1. The molecule has 7 heteroatoms. The molecule has 1 N–H and O–H groups in total. The van der Waals surface area contributed by atoms with Crippen LogP contribution >= 0.6 is 0 Å². The third kappa shape index (κ3) is 3.39. The van der Waals surface area contributed by atoms with Crippen molar-refractivity contribution < 1.29 is 14.4 Å². The maximum absolute atomic E-state index is 12.3. The summed E-state index contributed by atoms with van der Waals surface area (Å²) in [5.41, 5.74) is 0.411. The van der Waals surface area contributed by atoms with Crippen LogP contribution in [-0.4, -0.2) is 46.1 Å². The van der Waals surface area contributed by atoms with E-state index in [1.54, 1.807) is 24.5 Å². The van der Waals surface area contributed by atoms with E-state index in [-0.39, 0.29) is 17.7 Å². The van der Waals surface area contributed by atoms with Crippen LogP contribution in [0.1, 0.15) is 33.1 Å². The van der Waals surface area contributed by atoms with Crippen molar-refractivity contribution in [3.05, 3.63) is 24.5 Å². The van der Waals surface area contributed by atoms with Gasteiger partial charge in [0.25, 0.3) is 5.91 Å². The van der Waals surface area contributed by atoms with Gasteiger partial charge < -0.3 is 15.1 Å². The number of anilines is 1. The van der Waals surface area contributed by atoms with Crippen LogP contribution in [0.4, 0.5) is 5.69 Å². The molecule has 1 atom stereocenters. The average Bonchev–Trinajstić information content (AvgIpc) is 2.98. The number of amides is 2. The summed E-state index contributed by atoms with van der Waals surface area (Å²) in [4.78, 5) is 36.0. The first-order chi connectivity index (χ1) is 11.5. The van der Waals surface area contributed by atoms with E-state index in [1.807, 2.05) is 18.7 Å². The predicted octanol–water partition coefficient (Wildman–Crippen LogP) is 1.81. The van der Waals surface area contributed by atoms with Gasteiger partial charge in [-0.2, -0.15) is 0 Å². The van der Waals surface area contributed by atoms with Crippen molar-refractivity contribution in [2.45, 2.75) is 38.7 Å². The van der Waals surface area contributed by atoms with Crippen LogP contribution in [-0.2, 0) is 14.4 Å². The lowest BCUT2D eigenvalue weighted by Crippen LogP contribution is -2.51. The van der Waals surface area contributed by atoms with E-state index in [0.29, 0.717) is 24.4 Å². The lowest BCUT2D eigenvalue weighted by molar-refractivity contribution is -0.143. The lowest BCUT2D eigenvalue weighted by Gasteiger charge is -2.38. The van der Waals surface area contributed by atoms with Crippen LogP contribution in [0, 0.1) is 5.92 Å². The normalized spacial score (nSPS) is 23.1. The molecule has 2 aliphatic heterocycles. The highest BCUT2D eigenvalue weighted by Gasteiger charge is 2.45. The molecule has 0 radical (unpaired) electrons. The fraction of sp³-hybridized carbons (Fsp3) is 0.529. The van der Waals surface area contributed by atoms with Gasteiger partial charge in [0.15, 0.2) is 5.60 Å². The Kier molecular flexibility index (Phi) is 4.51. The molecule has 0 aliphatic carbocycles. The molecule has 0 saturated carbocycles. The molecule has 1 aromatic rings. The number of rotatable bonds is 3. The van der Waals surface area contributed by atoms with E-state index in [4.69, 9.17) is 4.84 Å². The molecule has 0 unspecified atom stereocenters. The van der Waals surface area contributed by atoms with Gasteiger partial charge in [-0.05, 0) is 25.0 Å². The third-order valence-electron chi connectivity index (χ3n) is 4.37. The monoisotopic (exact) mass is 330 g/mol. The van der Waals surface area contributed by atoms with Gasteiger partial charge in [0.05, 0.1) is 18.4 Å². The minimum Gasteiger partial charge on any atom is -0.386 e. The van der Waals surface area contributed by atoms with E-state index in [1.165, 1.54) is 0 Å². The molecule has 3 rings (SSSR count). The number of carbonyl (C=O) groups excluding carboxylic acids is 2. The van der Waals surface area contributed by atoms with Gasteiger partial charge in [-0.3, -0.25) is 14.6 Å². The Morgan fingerprint density at radius 2 is 2.25 bits per heavy atom. The van der Waals surface area contributed by atoms with Crippen molar-refractivity contribution in [2.24, 2.45) is 11.1 Å². The van der Waals surface area contributed by atoms with Gasteiger partial charge in [0.2, 0.25) is 5.91 Å². The Hall–Kier alpha value is -2.44. The second-order valence-electron chi connectivity index (χ2n) is 6.70. The van der Waals surface area contributed by atoms with Crippen LogP contribution in [0.3, 0.4) is 0 Å². The molecule has 0 bridgehead atoms. The van der Waals surface area contributed by atoms with Crippen LogP contribution in [0.2, 0.25) is 0 Å². The van der Waals surface area contributed by atoms with E-state index >= 15 is 0 Å². The molecule has 1 saturated heterocycles. The molecular weight excluding hydrogens is 308 g/mol. The van der Waals surface area contributed by atoms with Gasteiger partial charge in [0, 0.05) is 25.1 Å². The molecule has 128 valence electrons. The molecule has 2 amide bonds. The van der Waals surface area contributed by atoms with Gasteiger partial charge in [-0.25, -0.2) is 0 Å². The number of piperidine rings is 1. The molecule has 3 heterocycles. The van der Waals surface area contributed by atoms with Crippen LogP contribution in [0.25, 0.3) is 0 Å². The minimum absolute atomic E-state index is 0.0455. The van der Waals surface area contributed by atoms with E-state index in [9.17, 15) is 9.59 Å². The van der Waals surface area contributed by atoms with Crippen molar-refractivity contribution in [1.29, 1.82) is 0 Å². The molecule has 7 nitrogen and oxygen atoms in total. The number of aromatic nitrogens is 1. The first-order valence-electron chi connectivity index (χ1n) is 8.24. The zero-order valence-electron chi connectivity index (χ0n) is 14.0. The summed E-state index contributed by atoms with van der Waals surface area (Å²) in [7, 11) is 0. The average molecular weight is 330 g/mol. The Bertz CT molecular complexity index is 659.